The van der Waals surface area contributed by atoms with Crippen molar-refractivity contribution in [3.05, 3.63) is 23.2 Å². The molecule has 0 aromatic heterocycles. The second kappa shape index (κ2) is 9.59. The number of carbonyl (C=O) groups excluding carboxylic acids is 1. The molecule has 0 aliphatic carbocycles. The zero-order valence-corrected chi connectivity index (χ0v) is 16.6. The molecule has 2 aliphatic heterocycles. The van der Waals surface area contributed by atoms with Gasteiger partial charge >= 0.3 is 0 Å². The van der Waals surface area contributed by atoms with Gasteiger partial charge in [0.1, 0.15) is 24.1 Å². The summed E-state index contributed by atoms with van der Waals surface area (Å²) in [4.78, 5) is 14.8. The molecule has 2 aliphatic rings. The van der Waals surface area contributed by atoms with Crippen LogP contribution in [0.15, 0.2) is 18.2 Å². The lowest BCUT2D eigenvalue weighted by Crippen LogP contribution is -2.49. The number of hydrogen-bond acceptors (Lipinski definition) is 6. The number of halogens is 1. The molecule has 7 nitrogen and oxygen atoms in total. The fourth-order valence-electron chi connectivity index (χ4n) is 3.67. The summed E-state index contributed by atoms with van der Waals surface area (Å²) in [6, 6.07) is 5.12. The summed E-state index contributed by atoms with van der Waals surface area (Å²) in [6.07, 6.45) is 2.83. The zero-order chi connectivity index (χ0) is 19.2. The van der Waals surface area contributed by atoms with Gasteiger partial charge in [0.05, 0.1) is 24.8 Å². The largest absolute Gasteiger partial charge is 0.497 e. The molecular formula is C19H28ClN3O4. The molecule has 8 heteroatoms. The number of ether oxygens (including phenoxy) is 3. The summed E-state index contributed by atoms with van der Waals surface area (Å²) in [5, 5.41) is 0.505. The maximum absolute atomic E-state index is 12.8. The Bertz CT molecular complexity index is 643. The summed E-state index contributed by atoms with van der Waals surface area (Å²) >= 11 is 6.20. The Morgan fingerprint density at radius 1 is 1.30 bits per heavy atom. The van der Waals surface area contributed by atoms with Crippen molar-refractivity contribution in [2.24, 2.45) is 5.92 Å². The molecule has 150 valence electrons. The van der Waals surface area contributed by atoms with Gasteiger partial charge in [0.25, 0.3) is 0 Å². The first-order valence-electron chi connectivity index (χ1n) is 9.35. The van der Waals surface area contributed by atoms with Crippen molar-refractivity contribution in [1.82, 2.24) is 15.8 Å². The number of likely N-dealkylation sites (tertiary alicyclic amines) is 1. The molecule has 2 fully saturated rings. The molecule has 0 saturated carbocycles. The Hall–Kier alpha value is -1.54. The van der Waals surface area contributed by atoms with Gasteiger partial charge < -0.3 is 19.1 Å². The van der Waals surface area contributed by atoms with E-state index in [4.69, 9.17) is 25.8 Å². The van der Waals surface area contributed by atoms with E-state index in [2.05, 4.69) is 10.9 Å². The fraction of sp³-hybridized carbons (Fsp3) is 0.632. The number of hydrazine groups is 1. The summed E-state index contributed by atoms with van der Waals surface area (Å²) in [6.45, 7) is 2.72. The lowest BCUT2D eigenvalue weighted by molar-refractivity contribution is -0.135. The Kier molecular flexibility index (Phi) is 7.18. The molecule has 3 unspecified atom stereocenters. The average Bonchev–Trinajstić information content (AvgIpc) is 3.16. The highest BCUT2D eigenvalue weighted by Gasteiger charge is 2.34. The maximum Gasteiger partial charge on any atom is 0.241 e. The van der Waals surface area contributed by atoms with E-state index in [0.29, 0.717) is 42.1 Å². The third kappa shape index (κ3) is 5.25. The Labute approximate surface area is 165 Å². The van der Waals surface area contributed by atoms with Crippen LogP contribution in [0.2, 0.25) is 5.02 Å². The van der Waals surface area contributed by atoms with Crippen LogP contribution in [0.5, 0.6) is 11.5 Å². The summed E-state index contributed by atoms with van der Waals surface area (Å²) < 4.78 is 16.2. The quantitative estimate of drug-likeness (QED) is 0.731. The Morgan fingerprint density at radius 3 is 2.89 bits per heavy atom. The first kappa shape index (κ1) is 20.2. The van der Waals surface area contributed by atoms with Crippen molar-refractivity contribution in [2.75, 3.05) is 40.5 Å². The standard InChI is InChI=1S/C19H28ClN3O4/c1-25-11-13-4-3-7-23(10-13)19(24)17-8-14(21-22-17)12-27-18-6-5-15(26-2)9-16(18)20/h5-6,9,13-14,17,21-22H,3-4,7-8,10-12H2,1-2H3. The normalized spacial score (nSPS) is 25.4. The van der Waals surface area contributed by atoms with Crippen LogP contribution in [0.1, 0.15) is 19.3 Å². The molecule has 3 atom stereocenters. The van der Waals surface area contributed by atoms with Crippen molar-refractivity contribution in [3.8, 4) is 11.5 Å². The van der Waals surface area contributed by atoms with Crippen molar-refractivity contribution >= 4 is 17.5 Å². The van der Waals surface area contributed by atoms with E-state index in [0.717, 1.165) is 25.9 Å². The van der Waals surface area contributed by atoms with Crippen molar-refractivity contribution in [1.29, 1.82) is 0 Å². The van der Waals surface area contributed by atoms with E-state index in [1.165, 1.54) is 0 Å². The van der Waals surface area contributed by atoms with Gasteiger partial charge in [-0.1, -0.05) is 11.6 Å². The predicted molar refractivity (Wildman–Crippen MR) is 103 cm³/mol. The molecule has 27 heavy (non-hydrogen) atoms. The second-order valence-corrected chi connectivity index (χ2v) is 7.54. The highest BCUT2D eigenvalue weighted by molar-refractivity contribution is 6.32. The third-order valence-corrected chi connectivity index (χ3v) is 5.39. The average molecular weight is 398 g/mol. The summed E-state index contributed by atoms with van der Waals surface area (Å²) in [5.41, 5.74) is 6.27. The SMILES string of the molecule is COCC1CCCN(C(=O)C2CC(COc3ccc(OC)cc3Cl)NN2)C1. The van der Waals surface area contributed by atoms with Crippen molar-refractivity contribution < 1.29 is 19.0 Å². The van der Waals surface area contributed by atoms with E-state index in [-0.39, 0.29) is 18.0 Å². The first-order chi connectivity index (χ1) is 13.1. The topological polar surface area (TPSA) is 72.1 Å². The molecule has 2 heterocycles. The summed E-state index contributed by atoms with van der Waals surface area (Å²) in [7, 11) is 3.31. The van der Waals surface area contributed by atoms with E-state index in [1.807, 2.05) is 4.90 Å². The van der Waals surface area contributed by atoms with Crippen LogP contribution in [0.3, 0.4) is 0 Å². The molecule has 1 aromatic carbocycles. The van der Waals surface area contributed by atoms with Gasteiger partial charge in [-0.15, -0.1) is 0 Å². The van der Waals surface area contributed by atoms with Crippen LogP contribution in [0.4, 0.5) is 0 Å². The molecule has 0 spiro atoms. The van der Waals surface area contributed by atoms with Crippen molar-refractivity contribution in [2.45, 2.75) is 31.3 Å². The van der Waals surface area contributed by atoms with Crippen LogP contribution in [-0.2, 0) is 9.53 Å². The number of nitrogens with one attached hydrogen (secondary N) is 2. The van der Waals surface area contributed by atoms with Crippen LogP contribution in [-0.4, -0.2) is 63.4 Å². The number of methoxy groups -OCH3 is 2. The summed E-state index contributed by atoms with van der Waals surface area (Å²) in [5.74, 6) is 1.87. The lowest BCUT2D eigenvalue weighted by Gasteiger charge is -2.33. The zero-order valence-electron chi connectivity index (χ0n) is 15.9. The number of nitrogens with zero attached hydrogens (tertiary/aromatic N) is 1. The first-order valence-corrected chi connectivity index (χ1v) is 9.73. The molecular weight excluding hydrogens is 370 g/mol. The number of carbonyl (C=O) groups is 1. The van der Waals surface area contributed by atoms with Crippen LogP contribution in [0, 0.1) is 5.92 Å². The predicted octanol–water partition coefficient (Wildman–Crippen LogP) is 1.85. The van der Waals surface area contributed by atoms with E-state index >= 15 is 0 Å². The number of benzene rings is 1. The molecule has 0 bridgehead atoms. The van der Waals surface area contributed by atoms with Crippen LogP contribution in [0.25, 0.3) is 0 Å². The number of hydrogen-bond donors (Lipinski definition) is 2. The highest BCUT2D eigenvalue weighted by atomic mass is 35.5. The van der Waals surface area contributed by atoms with Gasteiger partial charge in [-0.05, 0) is 37.3 Å². The van der Waals surface area contributed by atoms with Gasteiger partial charge in [0.15, 0.2) is 0 Å². The fourth-order valence-corrected chi connectivity index (χ4v) is 3.89. The molecule has 1 aromatic rings. The van der Waals surface area contributed by atoms with Crippen molar-refractivity contribution in [3.63, 3.8) is 0 Å². The van der Waals surface area contributed by atoms with Gasteiger partial charge in [-0.25, -0.2) is 5.43 Å². The monoisotopic (exact) mass is 397 g/mol. The van der Waals surface area contributed by atoms with Gasteiger partial charge in [-0.3, -0.25) is 10.2 Å². The van der Waals surface area contributed by atoms with Gasteiger partial charge in [0, 0.05) is 26.3 Å². The highest BCUT2D eigenvalue weighted by Crippen LogP contribution is 2.29. The maximum atomic E-state index is 12.8. The Balaban J connectivity index is 1.47. The number of rotatable bonds is 7. The smallest absolute Gasteiger partial charge is 0.241 e. The Morgan fingerprint density at radius 2 is 2.15 bits per heavy atom. The second-order valence-electron chi connectivity index (χ2n) is 7.13. The van der Waals surface area contributed by atoms with Gasteiger partial charge in [0.2, 0.25) is 5.91 Å². The van der Waals surface area contributed by atoms with E-state index in [9.17, 15) is 4.79 Å². The number of amides is 1. The molecule has 3 rings (SSSR count). The van der Waals surface area contributed by atoms with Crippen LogP contribution >= 0.6 is 11.6 Å². The molecule has 0 radical (unpaired) electrons. The van der Waals surface area contributed by atoms with E-state index in [1.54, 1.807) is 32.4 Å². The van der Waals surface area contributed by atoms with Crippen LogP contribution < -0.4 is 20.3 Å². The molecule has 2 N–H and O–H groups in total. The molecule has 1 amide bonds. The lowest BCUT2D eigenvalue weighted by atomic mass is 9.98. The number of piperidine rings is 1. The van der Waals surface area contributed by atoms with E-state index < -0.39 is 0 Å². The van der Waals surface area contributed by atoms with Gasteiger partial charge in [-0.2, -0.15) is 0 Å². The minimum Gasteiger partial charge on any atom is -0.497 e. The molecule has 2 saturated heterocycles. The third-order valence-electron chi connectivity index (χ3n) is 5.09. The minimum absolute atomic E-state index is 0.0386. The minimum atomic E-state index is -0.230.